The first-order valence-electron chi connectivity index (χ1n) is 3.93. The maximum atomic E-state index is 11.2. The average Bonchev–Trinajstić information content (AvgIpc) is 1.82. The lowest BCUT2D eigenvalue weighted by atomic mass is 10.0. The van der Waals surface area contributed by atoms with Crippen molar-refractivity contribution in [2.24, 2.45) is 5.73 Å². The van der Waals surface area contributed by atoms with E-state index in [1.54, 1.807) is 27.7 Å². The molecule has 0 aromatic carbocycles. The van der Waals surface area contributed by atoms with Crippen LogP contribution in [0.5, 0.6) is 0 Å². The van der Waals surface area contributed by atoms with Crippen LogP contribution in [-0.2, 0) is 9.53 Å². The minimum atomic E-state index is -0.678. The van der Waals surface area contributed by atoms with Gasteiger partial charge in [-0.2, -0.15) is 12.6 Å². The van der Waals surface area contributed by atoms with Gasteiger partial charge in [0, 0.05) is 4.75 Å². The molecule has 0 bridgehead atoms. The number of nitrogens with two attached hydrogens (primary N) is 1. The van der Waals surface area contributed by atoms with E-state index in [9.17, 15) is 4.79 Å². The summed E-state index contributed by atoms with van der Waals surface area (Å²) in [5.41, 5.74) is 5.59. The van der Waals surface area contributed by atoms with E-state index in [2.05, 4.69) is 12.6 Å². The standard InChI is InChI=1S/C8H17NO2S/c1-5(2)11-7(10)6(9)8(3,4)12/h5-6,12H,9H2,1-4H3/t6-/m1/s1. The average molecular weight is 191 g/mol. The van der Waals surface area contributed by atoms with Crippen LogP contribution in [0.25, 0.3) is 0 Å². The summed E-state index contributed by atoms with van der Waals surface area (Å²) in [4.78, 5) is 11.2. The number of ether oxygens (including phenoxy) is 1. The van der Waals surface area contributed by atoms with Crippen molar-refractivity contribution >= 4 is 18.6 Å². The minimum absolute atomic E-state index is 0.126. The number of hydrogen-bond donors (Lipinski definition) is 2. The Balaban J connectivity index is 4.12. The Morgan fingerprint density at radius 3 is 2.17 bits per heavy atom. The van der Waals surface area contributed by atoms with Crippen molar-refractivity contribution in [3.05, 3.63) is 0 Å². The lowest BCUT2D eigenvalue weighted by Gasteiger charge is -2.24. The lowest BCUT2D eigenvalue weighted by molar-refractivity contribution is -0.149. The third-order valence-electron chi connectivity index (χ3n) is 1.37. The highest BCUT2D eigenvalue weighted by Crippen LogP contribution is 2.16. The summed E-state index contributed by atoms with van der Waals surface area (Å²) in [6.07, 6.45) is -0.126. The van der Waals surface area contributed by atoms with Gasteiger partial charge in [0.25, 0.3) is 0 Å². The van der Waals surface area contributed by atoms with Gasteiger partial charge >= 0.3 is 5.97 Å². The van der Waals surface area contributed by atoms with Crippen LogP contribution in [0.3, 0.4) is 0 Å². The summed E-state index contributed by atoms with van der Waals surface area (Å²) in [5, 5.41) is 0. The fourth-order valence-electron chi connectivity index (χ4n) is 0.594. The van der Waals surface area contributed by atoms with Crippen molar-refractivity contribution in [2.45, 2.75) is 44.6 Å². The molecule has 0 amide bonds. The smallest absolute Gasteiger partial charge is 0.324 e. The van der Waals surface area contributed by atoms with Gasteiger partial charge in [-0.1, -0.05) is 0 Å². The second kappa shape index (κ2) is 4.14. The molecule has 0 aromatic heterocycles. The predicted molar refractivity (Wildman–Crippen MR) is 52.3 cm³/mol. The van der Waals surface area contributed by atoms with Gasteiger partial charge in [0.05, 0.1) is 6.10 Å². The molecule has 0 aromatic rings. The monoisotopic (exact) mass is 191 g/mol. The van der Waals surface area contributed by atoms with Crippen LogP contribution in [0, 0.1) is 0 Å². The van der Waals surface area contributed by atoms with Crippen LogP contribution in [0.4, 0.5) is 0 Å². The maximum absolute atomic E-state index is 11.2. The summed E-state index contributed by atoms with van der Waals surface area (Å²) < 4.78 is 4.39. The van der Waals surface area contributed by atoms with Gasteiger partial charge in [0.1, 0.15) is 6.04 Å². The molecule has 0 saturated heterocycles. The van der Waals surface area contributed by atoms with Crippen molar-refractivity contribution < 1.29 is 9.53 Å². The fourth-order valence-corrected chi connectivity index (χ4v) is 0.699. The van der Waals surface area contributed by atoms with Gasteiger partial charge in [-0.3, -0.25) is 4.79 Å². The highest BCUT2D eigenvalue weighted by Gasteiger charge is 2.30. The molecule has 0 unspecified atom stereocenters. The van der Waals surface area contributed by atoms with E-state index in [0.29, 0.717) is 0 Å². The molecule has 0 heterocycles. The van der Waals surface area contributed by atoms with E-state index in [-0.39, 0.29) is 6.10 Å². The normalized spacial score (nSPS) is 14.6. The van der Waals surface area contributed by atoms with Crippen LogP contribution in [-0.4, -0.2) is 22.9 Å². The Labute approximate surface area is 79.1 Å². The molecule has 4 heteroatoms. The van der Waals surface area contributed by atoms with Gasteiger partial charge < -0.3 is 10.5 Å². The molecule has 0 rings (SSSR count). The summed E-state index contributed by atoms with van der Waals surface area (Å²) in [5.74, 6) is -0.398. The van der Waals surface area contributed by atoms with Crippen molar-refractivity contribution in [3.63, 3.8) is 0 Å². The van der Waals surface area contributed by atoms with E-state index in [1.165, 1.54) is 0 Å². The van der Waals surface area contributed by atoms with Gasteiger partial charge in [-0.05, 0) is 27.7 Å². The molecule has 0 saturated carbocycles. The zero-order valence-electron chi connectivity index (χ0n) is 8.00. The minimum Gasteiger partial charge on any atom is -0.462 e. The Kier molecular flexibility index (Phi) is 4.06. The summed E-state index contributed by atoms with van der Waals surface area (Å²) in [7, 11) is 0. The summed E-state index contributed by atoms with van der Waals surface area (Å²) >= 11 is 4.19. The molecular weight excluding hydrogens is 174 g/mol. The highest BCUT2D eigenvalue weighted by atomic mass is 32.1. The van der Waals surface area contributed by atoms with Crippen molar-refractivity contribution in [2.75, 3.05) is 0 Å². The van der Waals surface area contributed by atoms with E-state index < -0.39 is 16.8 Å². The predicted octanol–water partition coefficient (Wildman–Crippen LogP) is 0.974. The second-order valence-corrected chi connectivity index (χ2v) is 4.77. The molecule has 72 valence electrons. The van der Waals surface area contributed by atoms with Gasteiger partial charge in [-0.25, -0.2) is 0 Å². The molecule has 12 heavy (non-hydrogen) atoms. The SMILES string of the molecule is CC(C)OC(=O)[C@@H](N)C(C)(C)S. The molecular formula is C8H17NO2S. The Morgan fingerprint density at radius 1 is 1.50 bits per heavy atom. The molecule has 3 nitrogen and oxygen atoms in total. The third kappa shape index (κ3) is 3.97. The number of esters is 1. The molecule has 0 aliphatic rings. The lowest BCUT2D eigenvalue weighted by Crippen LogP contribution is -2.46. The largest absolute Gasteiger partial charge is 0.462 e. The molecule has 0 fully saturated rings. The van der Waals surface area contributed by atoms with E-state index >= 15 is 0 Å². The van der Waals surface area contributed by atoms with Crippen LogP contribution in [0.2, 0.25) is 0 Å². The van der Waals surface area contributed by atoms with Crippen molar-refractivity contribution in [3.8, 4) is 0 Å². The molecule has 0 spiro atoms. The Bertz CT molecular complexity index is 163. The molecule has 0 aliphatic heterocycles. The molecule has 0 aliphatic carbocycles. The molecule has 2 N–H and O–H groups in total. The van der Waals surface area contributed by atoms with E-state index in [4.69, 9.17) is 10.5 Å². The van der Waals surface area contributed by atoms with Crippen LogP contribution >= 0.6 is 12.6 Å². The van der Waals surface area contributed by atoms with Crippen LogP contribution in [0.1, 0.15) is 27.7 Å². The quantitative estimate of drug-likeness (QED) is 0.516. The molecule has 1 atom stereocenters. The highest BCUT2D eigenvalue weighted by molar-refractivity contribution is 7.81. The van der Waals surface area contributed by atoms with Crippen molar-refractivity contribution in [1.29, 1.82) is 0 Å². The number of carbonyl (C=O) groups excluding carboxylic acids is 1. The first-order valence-corrected chi connectivity index (χ1v) is 4.38. The topological polar surface area (TPSA) is 52.3 Å². The Morgan fingerprint density at radius 2 is 1.92 bits per heavy atom. The summed E-state index contributed by atoms with van der Waals surface area (Å²) in [6, 6.07) is -0.678. The van der Waals surface area contributed by atoms with E-state index in [1.807, 2.05) is 0 Å². The van der Waals surface area contributed by atoms with E-state index in [0.717, 1.165) is 0 Å². The number of hydrogen-bond acceptors (Lipinski definition) is 4. The Hall–Kier alpha value is -0.220. The first kappa shape index (κ1) is 11.8. The third-order valence-corrected chi connectivity index (χ3v) is 1.65. The first-order chi connectivity index (χ1) is 5.25. The van der Waals surface area contributed by atoms with Crippen LogP contribution < -0.4 is 5.73 Å². The number of carbonyl (C=O) groups is 1. The number of thiol groups is 1. The van der Waals surface area contributed by atoms with Gasteiger partial charge in [0.15, 0.2) is 0 Å². The zero-order valence-corrected chi connectivity index (χ0v) is 8.89. The van der Waals surface area contributed by atoms with Gasteiger partial charge in [-0.15, -0.1) is 0 Å². The van der Waals surface area contributed by atoms with Crippen molar-refractivity contribution in [1.82, 2.24) is 0 Å². The van der Waals surface area contributed by atoms with Crippen LogP contribution in [0.15, 0.2) is 0 Å². The molecule has 0 radical (unpaired) electrons. The van der Waals surface area contributed by atoms with Gasteiger partial charge in [0.2, 0.25) is 0 Å². The fraction of sp³-hybridized carbons (Fsp3) is 0.875. The second-order valence-electron chi connectivity index (χ2n) is 3.62. The summed E-state index contributed by atoms with van der Waals surface area (Å²) in [6.45, 7) is 7.14. The zero-order chi connectivity index (χ0) is 9.94. The number of rotatable bonds is 3. The maximum Gasteiger partial charge on any atom is 0.324 e.